The van der Waals surface area contributed by atoms with Crippen LogP contribution < -0.4 is 5.73 Å². The maximum absolute atomic E-state index is 6.34. The largest absolute Gasteiger partial charge is 0.320 e. The van der Waals surface area contributed by atoms with Gasteiger partial charge in [0.05, 0.1) is 9.83 Å². The Morgan fingerprint density at radius 3 is 2.41 bits per heavy atom. The van der Waals surface area contributed by atoms with Gasteiger partial charge < -0.3 is 5.73 Å². The third kappa shape index (κ3) is 2.81. The van der Waals surface area contributed by atoms with Crippen molar-refractivity contribution in [3.05, 3.63) is 54.1 Å². The van der Waals surface area contributed by atoms with Gasteiger partial charge in [0.1, 0.15) is 0 Å². The molecule has 90 valence electrons. The molecule has 1 aromatic carbocycles. The fourth-order valence-corrected chi connectivity index (χ4v) is 3.71. The zero-order valence-corrected chi connectivity index (χ0v) is 13.6. The molecule has 0 aliphatic carbocycles. The molecule has 0 saturated heterocycles. The molecule has 1 unspecified atom stereocenters. The van der Waals surface area contributed by atoms with Crippen LogP contribution >= 0.6 is 43.2 Å². The summed E-state index contributed by atoms with van der Waals surface area (Å²) < 4.78 is 2.23. The third-order valence-corrected chi connectivity index (χ3v) is 5.47. The topological polar surface area (TPSA) is 26.0 Å². The summed E-state index contributed by atoms with van der Waals surface area (Å²) in [6.07, 6.45) is 0. The molecule has 0 radical (unpaired) electrons. The summed E-state index contributed by atoms with van der Waals surface area (Å²) in [5, 5.41) is 0. The van der Waals surface area contributed by atoms with E-state index in [1.807, 2.05) is 6.07 Å². The maximum Gasteiger partial charge on any atom is 0.0731 e. The van der Waals surface area contributed by atoms with Crippen LogP contribution in [0, 0.1) is 13.8 Å². The Kier molecular flexibility index (Phi) is 4.08. The Morgan fingerprint density at radius 1 is 1.12 bits per heavy atom. The van der Waals surface area contributed by atoms with Gasteiger partial charge in [0.25, 0.3) is 0 Å². The second-order valence-electron chi connectivity index (χ2n) is 4.08. The van der Waals surface area contributed by atoms with Gasteiger partial charge >= 0.3 is 0 Å². The summed E-state index contributed by atoms with van der Waals surface area (Å²) in [7, 11) is 0. The number of benzene rings is 1. The van der Waals surface area contributed by atoms with Gasteiger partial charge in [0, 0.05) is 9.35 Å². The molecule has 1 atom stereocenters. The second-order valence-corrected chi connectivity index (χ2v) is 7.40. The number of aryl methyl sites for hydroxylation is 2. The van der Waals surface area contributed by atoms with Crippen LogP contribution in [0.2, 0.25) is 0 Å². The summed E-state index contributed by atoms with van der Waals surface area (Å²) in [5.41, 5.74) is 9.98. The summed E-state index contributed by atoms with van der Waals surface area (Å²) in [6.45, 7) is 4.18. The van der Waals surface area contributed by atoms with Crippen molar-refractivity contribution in [3.63, 3.8) is 0 Å². The van der Waals surface area contributed by atoms with Crippen molar-refractivity contribution < 1.29 is 0 Å². The third-order valence-electron chi connectivity index (χ3n) is 2.76. The van der Waals surface area contributed by atoms with Crippen LogP contribution in [0.5, 0.6) is 0 Å². The minimum Gasteiger partial charge on any atom is -0.320 e. The van der Waals surface area contributed by atoms with E-state index < -0.39 is 0 Å². The van der Waals surface area contributed by atoms with Gasteiger partial charge in [-0.1, -0.05) is 22.0 Å². The van der Waals surface area contributed by atoms with Crippen molar-refractivity contribution >= 4 is 43.2 Å². The Bertz CT molecular complexity index is 529. The molecule has 0 amide bonds. The van der Waals surface area contributed by atoms with Crippen molar-refractivity contribution in [3.8, 4) is 0 Å². The Labute approximate surface area is 122 Å². The molecule has 2 N–H and O–H groups in total. The molecule has 1 aromatic heterocycles. The van der Waals surface area contributed by atoms with E-state index in [1.165, 1.54) is 21.6 Å². The minimum atomic E-state index is -0.0532. The fraction of sp³-hybridized carbons (Fsp3) is 0.231. The van der Waals surface area contributed by atoms with Gasteiger partial charge in [0.2, 0.25) is 0 Å². The molecule has 0 aliphatic rings. The highest BCUT2D eigenvalue weighted by atomic mass is 79.9. The molecule has 2 aromatic rings. The number of hydrogen-bond donors (Lipinski definition) is 1. The SMILES string of the molecule is Cc1ccc(Br)cc1C(N)c1cc(C)c(Br)s1. The van der Waals surface area contributed by atoms with Crippen LogP contribution in [-0.4, -0.2) is 0 Å². The predicted molar refractivity (Wildman–Crippen MR) is 81.7 cm³/mol. The lowest BCUT2D eigenvalue weighted by Gasteiger charge is -2.13. The quantitative estimate of drug-likeness (QED) is 0.791. The monoisotopic (exact) mass is 373 g/mol. The van der Waals surface area contributed by atoms with E-state index in [4.69, 9.17) is 5.73 Å². The van der Waals surface area contributed by atoms with E-state index >= 15 is 0 Å². The summed E-state index contributed by atoms with van der Waals surface area (Å²) in [5.74, 6) is 0. The van der Waals surface area contributed by atoms with E-state index in [2.05, 4.69) is 63.9 Å². The average Bonchev–Trinajstić information content (AvgIpc) is 2.62. The van der Waals surface area contributed by atoms with Crippen molar-refractivity contribution in [2.24, 2.45) is 5.73 Å². The number of thiophene rings is 1. The smallest absolute Gasteiger partial charge is 0.0731 e. The molecule has 0 saturated carbocycles. The van der Waals surface area contributed by atoms with Crippen LogP contribution in [0.15, 0.2) is 32.5 Å². The molecule has 0 spiro atoms. The van der Waals surface area contributed by atoms with Crippen LogP contribution in [0.1, 0.15) is 27.6 Å². The zero-order chi connectivity index (χ0) is 12.6. The first-order valence-electron chi connectivity index (χ1n) is 5.26. The highest BCUT2D eigenvalue weighted by molar-refractivity contribution is 9.11. The van der Waals surface area contributed by atoms with E-state index in [9.17, 15) is 0 Å². The molecule has 17 heavy (non-hydrogen) atoms. The normalized spacial score (nSPS) is 12.8. The molecule has 2 rings (SSSR count). The van der Waals surface area contributed by atoms with Crippen LogP contribution in [-0.2, 0) is 0 Å². The first kappa shape index (κ1) is 13.3. The lowest BCUT2D eigenvalue weighted by atomic mass is 10.0. The standard InChI is InChI=1S/C13H13Br2NS/c1-7-3-4-9(14)6-10(7)12(16)11-5-8(2)13(15)17-11/h3-6,12H,16H2,1-2H3. The van der Waals surface area contributed by atoms with Gasteiger partial charge in [-0.3, -0.25) is 0 Å². The lowest BCUT2D eigenvalue weighted by molar-refractivity contribution is 0.880. The average molecular weight is 375 g/mol. The Morgan fingerprint density at radius 2 is 1.82 bits per heavy atom. The Hall–Kier alpha value is -0.160. The van der Waals surface area contributed by atoms with E-state index in [1.54, 1.807) is 11.3 Å². The molecule has 4 heteroatoms. The number of halogens is 2. The number of rotatable bonds is 2. The molecule has 0 aliphatic heterocycles. The highest BCUT2D eigenvalue weighted by Crippen LogP contribution is 2.34. The van der Waals surface area contributed by atoms with E-state index in [0.29, 0.717) is 0 Å². The summed E-state index contributed by atoms with van der Waals surface area (Å²) in [6, 6.07) is 8.33. The van der Waals surface area contributed by atoms with Gasteiger partial charge in [-0.2, -0.15) is 0 Å². The van der Waals surface area contributed by atoms with Crippen LogP contribution in [0.3, 0.4) is 0 Å². The van der Waals surface area contributed by atoms with Crippen molar-refractivity contribution in [1.82, 2.24) is 0 Å². The fourth-order valence-electron chi connectivity index (χ4n) is 1.74. The number of nitrogens with two attached hydrogens (primary N) is 1. The molecule has 0 fully saturated rings. The second kappa shape index (κ2) is 5.22. The maximum atomic E-state index is 6.34. The predicted octanol–water partition coefficient (Wildman–Crippen LogP) is 4.94. The van der Waals surface area contributed by atoms with Crippen LogP contribution in [0.4, 0.5) is 0 Å². The molecular weight excluding hydrogens is 362 g/mol. The van der Waals surface area contributed by atoms with Gasteiger partial charge in [0.15, 0.2) is 0 Å². The highest BCUT2D eigenvalue weighted by Gasteiger charge is 2.15. The van der Waals surface area contributed by atoms with Crippen LogP contribution in [0.25, 0.3) is 0 Å². The minimum absolute atomic E-state index is 0.0532. The molecule has 1 heterocycles. The first-order valence-corrected chi connectivity index (χ1v) is 7.66. The summed E-state index contributed by atoms with van der Waals surface area (Å²) >= 11 is 8.75. The van der Waals surface area contributed by atoms with E-state index in [0.717, 1.165) is 8.26 Å². The molecule has 1 nitrogen and oxygen atoms in total. The van der Waals surface area contributed by atoms with Crippen molar-refractivity contribution in [2.75, 3.05) is 0 Å². The summed E-state index contributed by atoms with van der Waals surface area (Å²) in [4.78, 5) is 1.19. The van der Waals surface area contributed by atoms with Gasteiger partial charge in [-0.25, -0.2) is 0 Å². The number of hydrogen-bond acceptors (Lipinski definition) is 2. The molecule has 0 bridgehead atoms. The lowest BCUT2D eigenvalue weighted by Crippen LogP contribution is -2.11. The molecular formula is C13H13Br2NS. The zero-order valence-electron chi connectivity index (χ0n) is 9.63. The van der Waals surface area contributed by atoms with Crippen molar-refractivity contribution in [2.45, 2.75) is 19.9 Å². The van der Waals surface area contributed by atoms with Gasteiger partial charge in [-0.15, -0.1) is 11.3 Å². The first-order chi connectivity index (χ1) is 7.99. The van der Waals surface area contributed by atoms with E-state index in [-0.39, 0.29) is 6.04 Å². The Balaban J connectivity index is 2.42. The van der Waals surface area contributed by atoms with Crippen molar-refractivity contribution in [1.29, 1.82) is 0 Å². The van der Waals surface area contributed by atoms with Gasteiger partial charge in [-0.05, 0) is 64.7 Å².